The van der Waals surface area contributed by atoms with E-state index < -0.39 is 0 Å². The fourth-order valence-electron chi connectivity index (χ4n) is 1.51. The van der Waals surface area contributed by atoms with E-state index in [2.05, 4.69) is 5.32 Å². The Labute approximate surface area is 124 Å². The van der Waals surface area contributed by atoms with Crippen molar-refractivity contribution in [3.63, 3.8) is 0 Å². The van der Waals surface area contributed by atoms with Crippen LogP contribution in [0.3, 0.4) is 0 Å². The second-order valence-corrected chi connectivity index (χ2v) is 4.64. The molecule has 6 heteroatoms. The first-order valence-electron chi connectivity index (χ1n) is 6.40. The smallest absolute Gasteiger partial charge is 0.226 e. The summed E-state index contributed by atoms with van der Waals surface area (Å²) in [6.07, 6.45) is 1.16. The molecule has 5 nitrogen and oxygen atoms in total. The van der Waals surface area contributed by atoms with Gasteiger partial charge in [0.2, 0.25) is 5.91 Å². The quantitative estimate of drug-likeness (QED) is 0.536. The van der Waals surface area contributed by atoms with Crippen LogP contribution in [0.5, 0.6) is 0 Å². The lowest BCUT2D eigenvalue weighted by atomic mass is 10.2. The third-order valence-electron chi connectivity index (χ3n) is 2.56. The van der Waals surface area contributed by atoms with Crippen molar-refractivity contribution in [2.24, 2.45) is 5.73 Å². The maximum atomic E-state index is 11.7. The lowest BCUT2D eigenvalue weighted by Crippen LogP contribution is -2.15. The summed E-state index contributed by atoms with van der Waals surface area (Å²) in [5, 5.41) is 2.78. The Bertz CT molecular complexity index is 435. The molecular formula is C14H20N2O3S. The van der Waals surface area contributed by atoms with Crippen LogP contribution in [0, 0.1) is 0 Å². The highest BCUT2D eigenvalue weighted by Crippen LogP contribution is 2.09. The fraction of sp³-hybridized carbons (Fsp3) is 0.429. The van der Waals surface area contributed by atoms with Gasteiger partial charge in [-0.3, -0.25) is 4.79 Å². The maximum absolute atomic E-state index is 11.7. The molecule has 0 atom stereocenters. The minimum Gasteiger partial charge on any atom is -0.389 e. The molecule has 0 fully saturated rings. The van der Waals surface area contributed by atoms with E-state index in [9.17, 15) is 4.79 Å². The first-order valence-corrected chi connectivity index (χ1v) is 6.80. The van der Waals surface area contributed by atoms with Gasteiger partial charge in [0.15, 0.2) is 0 Å². The second kappa shape index (κ2) is 9.41. The lowest BCUT2D eigenvalue weighted by molar-refractivity contribution is -0.117. The molecule has 110 valence electrons. The van der Waals surface area contributed by atoms with Crippen LogP contribution in [-0.2, 0) is 14.3 Å². The third-order valence-corrected chi connectivity index (χ3v) is 2.80. The van der Waals surface area contributed by atoms with E-state index in [4.69, 9.17) is 27.4 Å². The van der Waals surface area contributed by atoms with Gasteiger partial charge in [0.1, 0.15) is 4.99 Å². The first kappa shape index (κ1) is 16.6. The molecular weight excluding hydrogens is 276 g/mol. The normalized spacial score (nSPS) is 10.2. The number of benzene rings is 1. The molecule has 0 unspecified atom stereocenters. The van der Waals surface area contributed by atoms with E-state index in [0.717, 1.165) is 17.7 Å². The average molecular weight is 296 g/mol. The highest BCUT2D eigenvalue weighted by molar-refractivity contribution is 7.80. The van der Waals surface area contributed by atoms with Crippen molar-refractivity contribution >= 4 is 28.8 Å². The predicted octanol–water partition coefficient (Wildman–Crippen LogP) is 1.70. The minimum absolute atomic E-state index is 0.0835. The molecule has 0 aliphatic rings. The number of rotatable bonds is 9. The number of nitrogens with one attached hydrogen (secondary N) is 1. The Morgan fingerprint density at radius 1 is 1.25 bits per heavy atom. The van der Waals surface area contributed by atoms with Gasteiger partial charge < -0.3 is 20.5 Å². The summed E-state index contributed by atoms with van der Waals surface area (Å²) >= 11 is 4.86. The summed E-state index contributed by atoms with van der Waals surface area (Å²) in [5.74, 6) is -0.0835. The summed E-state index contributed by atoms with van der Waals surface area (Å²) in [7, 11) is 1.65. The SMILES string of the molecule is COCCCOCCC(=O)Nc1ccc(C(N)=S)cc1. The van der Waals surface area contributed by atoms with Gasteiger partial charge in [-0.2, -0.15) is 0 Å². The van der Waals surface area contributed by atoms with E-state index in [1.54, 1.807) is 31.4 Å². The average Bonchev–Trinajstić information content (AvgIpc) is 2.43. The fourth-order valence-corrected chi connectivity index (χ4v) is 1.65. The van der Waals surface area contributed by atoms with Crippen molar-refractivity contribution in [3.8, 4) is 0 Å². The standard InChI is InChI=1S/C14H20N2O3S/c1-18-8-2-9-19-10-7-13(17)16-12-5-3-11(4-6-12)14(15)20/h3-6H,2,7-10H2,1H3,(H2,15,20)(H,16,17). The van der Waals surface area contributed by atoms with E-state index in [1.807, 2.05) is 0 Å². The molecule has 1 aromatic carbocycles. The number of carbonyl (C=O) groups is 1. The van der Waals surface area contributed by atoms with Gasteiger partial charge in [-0.15, -0.1) is 0 Å². The van der Waals surface area contributed by atoms with Crippen LogP contribution in [-0.4, -0.2) is 37.8 Å². The van der Waals surface area contributed by atoms with Crippen LogP contribution >= 0.6 is 12.2 Å². The van der Waals surface area contributed by atoms with E-state index in [1.165, 1.54) is 0 Å². The zero-order valence-electron chi connectivity index (χ0n) is 11.6. The largest absolute Gasteiger partial charge is 0.389 e. The Balaban J connectivity index is 2.23. The Kier molecular flexibility index (Phi) is 7.79. The summed E-state index contributed by atoms with van der Waals surface area (Å²) < 4.78 is 10.2. The number of hydrogen-bond acceptors (Lipinski definition) is 4. The predicted molar refractivity (Wildman–Crippen MR) is 82.9 cm³/mol. The summed E-state index contributed by atoms with van der Waals surface area (Å²) in [6.45, 7) is 1.67. The number of ether oxygens (including phenoxy) is 2. The number of nitrogens with two attached hydrogens (primary N) is 1. The summed E-state index contributed by atoms with van der Waals surface area (Å²) in [5.41, 5.74) is 6.99. The highest BCUT2D eigenvalue weighted by atomic mass is 32.1. The van der Waals surface area contributed by atoms with Crippen LogP contribution in [0.2, 0.25) is 0 Å². The van der Waals surface area contributed by atoms with Crippen LogP contribution in [0.25, 0.3) is 0 Å². The zero-order chi connectivity index (χ0) is 14.8. The molecule has 0 bridgehead atoms. The number of hydrogen-bond donors (Lipinski definition) is 2. The Hall–Kier alpha value is -1.50. The molecule has 0 saturated carbocycles. The van der Waals surface area contributed by atoms with Gasteiger partial charge in [0.05, 0.1) is 13.0 Å². The molecule has 0 aromatic heterocycles. The van der Waals surface area contributed by atoms with Gasteiger partial charge >= 0.3 is 0 Å². The van der Waals surface area contributed by atoms with Crippen molar-refractivity contribution in [1.29, 1.82) is 0 Å². The maximum Gasteiger partial charge on any atom is 0.226 e. The molecule has 0 radical (unpaired) electrons. The molecule has 0 heterocycles. The molecule has 20 heavy (non-hydrogen) atoms. The minimum atomic E-state index is -0.0835. The summed E-state index contributed by atoms with van der Waals surface area (Å²) in [6, 6.07) is 7.09. The lowest BCUT2D eigenvalue weighted by Gasteiger charge is -2.07. The first-order chi connectivity index (χ1) is 9.63. The number of amides is 1. The van der Waals surface area contributed by atoms with Crippen molar-refractivity contribution < 1.29 is 14.3 Å². The summed E-state index contributed by atoms with van der Waals surface area (Å²) in [4.78, 5) is 12.0. The molecule has 0 spiro atoms. The molecule has 1 amide bonds. The van der Waals surface area contributed by atoms with Crippen molar-refractivity contribution in [3.05, 3.63) is 29.8 Å². The molecule has 3 N–H and O–H groups in total. The third kappa shape index (κ3) is 6.60. The Morgan fingerprint density at radius 3 is 2.55 bits per heavy atom. The topological polar surface area (TPSA) is 73.6 Å². The molecule has 0 aliphatic heterocycles. The van der Waals surface area contributed by atoms with Crippen LogP contribution < -0.4 is 11.1 Å². The van der Waals surface area contributed by atoms with Gasteiger partial charge in [-0.1, -0.05) is 12.2 Å². The van der Waals surface area contributed by atoms with Crippen LogP contribution in [0.15, 0.2) is 24.3 Å². The molecule has 0 saturated heterocycles. The number of thiocarbonyl (C=S) groups is 1. The van der Waals surface area contributed by atoms with E-state index in [-0.39, 0.29) is 5.91 Å². The number of methoxy groups -OCH3 is 1. The molecule has 1 rings (SSSR count). The van der Waals surface area contributed by atoms with Crippen LogP contribution in [0.4, 0.5) is 5.69 Å². The zero-order valence-corrected chi connectivity index (χ0v) is 12.4. The number of anilines is 1. The van der Waals surface area contributed by atoms with E-state index in [0.29, 0.717) is 31.2 Å². The number of carbonyl (C=O) groups excluding carboxylic acids is 1. The molecule has 0 aliphatic carbocycles. The van der Waals surface area contributed by atoms with Gasteiger partial charge in [0, 0.05) is 31.6 Å². The Morgan fingerprint density at radius 2 is 1.95 bits per heavy atom. The van der Waals surface area contributed by atoms with E-state index >= 15 is 0 Å². The van der Waals surface area contributed by atoms with Crippen molar-refractivity contribution in [2.75, 3.05) is 32.2 Å². The highest BCUT2D eigenvalue weighted by Gasteiger charge is 2.03. The van der Waals surface area contributed by atoms with Crippen molar-refractivity contribution in [2.45, 2.75) is 12.8 Å². The monoisotopic (exact) mass is 296 g/mol. The van der Waals surface area contributed by atoms with Gasteiger partial charge in [-0.05, 0) is 30.7 Å². The van der Waals surface area contributed by atoms with Crippen molar-refractivity contribution in [1.82, 2.24) is 0 Å². The molecule has 1 aromatic rings. The van der Waals surface area contributed by atoms with Crippen LogP contribution in [0.1, 0.15) is 18.4 Å². The van der Waals surface area contributed by atoms with Gasteiger partial charge in [0.25, 0.3) is 0 Å². The van der Waals surface area contributed by atoms with Gasteiger partial charge in [-0.25, -0.2) is 0 Å². The second-order valence-electron chi connectivity index (χ2n) is 4.20.